The van der Waals surface area contributed by atoms with Crippen LogP contribution in [-0.2, 0) is 10.1 Å². The van der Waals surface area contributed by atoms with Crippen LogP contribution in [0.15, 0.2) is 23.1 Å². The van der Waals surface area contributed by atoms with Crippen LogP contribution in [-0.4, -0.2) is 24.0 Å². The van der Waals surface area contributed by atoms with Gasteiger partial charge in [0.1, 0.15) is 10.7 Å². The molecule has 1 aromatic rings. The lowest BCUT2D eigenvalue weighted by Gasteiger charge is -2.00. The van der Waals surface area contributed by atoms with Crippen molar-refractivity contribution < 1.29 is 27.3 Å². The van der Waals surface area contributed by atoms with Gasteiger partial charge in [0, 0.05) is 0 Å². The summed E-state index contributed by atoms with van der Waals surface area (Å²) in [6, 6.07) is 2.10. The van der Waals surface area contributed by atoms with Gasteiger partial charge >= 0.3 is 5.97 Å². The Morgan fingerprint density at radius 1 is 1.36 bits per heavy atom. The van der Waals surface area contributed by atoms with Gasteiger partial charge in [0.2, 0.25) is 0 Å². The minimum Gasteiger partial charge on any atom is -0.478 e. The van der Waals surface area contributed by atoms with E-state index in [0.29, 0.717) is 12.1 Å². The zero-order chi connectivity index (χ0) is 10.9. The predicted molar refractivity (Wildman–Crippen MR) is 43.2 cm³/mol. The summed E-state index contributed by atoms with van der Waals surface area (Å²) in [6.45, 7) is 0. The fourth-order valence-corrected chi connectivity index (χ4v) is 1.42. The van der Waals surface area contributed by atoms with E-state index in [2.05, 4.69) is 0 Å². The van der Waals surface area contributed by atoms with Crippen LogP contribution < -0.4 is 0 Å². The van der Waals surface area contributed by atoms with Crippen LogP contribution in [0.4, 0.5) is 4.39 Å². The summed E-state index contributed by atoms with van der Waals surface area (Å²) in [4.78, 5) is 9.35. The molecule has 5 nitrogen and oxygen atoms in total. The molecular weight excluding hydrogens is 215 g/mol. The largest absolute Gasteiger partial charge is 0.478 e. The van der Waals surface area contributed by atoms with Gasteiger partial charge in [-0.05, 0) is 18.2 Å². The van der Waals surface area contributed by atoms with E-state index in [9.17, 15) is 17.6 Å². The third-order valence-corrected chi connectivity index (χ3v) is 2.32. The van der Waals surface area contributed by atoms with Crippen LogP contribution in [0.25, 0.3) is 0 Å². The summed E-state index contributed by atoms with van der Waals surface area (Å²) in [7, 11) is -4.73. The van der Waals surface area contributed by atoms with Crippen molar-refractivity contribution in [2.75, 3.05) is 0 Å². The summed E-state index contributed by atoms with van der Waals surface area (Å²) in [5.74, 6) is -2.60. The number of carbonyl (C=O) groups is 1. The number of carboxylic acid groups (broad SMARTS) is 1. The van der Waals surface area contributed by atoms with Gasteiger partial charge in [-0.1, -0.05) is 0 Å². The molecule has 0 bridgehead atoms. The molecule has 1 aromatic carbocycles. The van der Waals surface area contributed by atoms with Crippen molar-refractivity contribution in [1.82, 2.24) is 0 Å². The molecule has 0 aliphatic heterocycles. The smallest absolute Gasteiger partial charge is 0.335 e. The second kappa shape index (κ2) is 3.35. The van der Waals surface area contributed by atoms with Gasteiger partial charge in [0.15, 0.2) is 0 Å². The van der Waals surface area contributed by atoms with E-state index in [-0.39, 0.29) is 0 Å². The molecule has 0 amide bonds. The molecule has 0 saturated heterocycles. The Kier molecular flexibility index (Phi) is 2.54. The highest BCUT2D eigenvalue weighted by Crippen LogP contribution is 2.15. The molecule has 7 heteroatoms. The molecule has 0 radical (unpaired) electrons. The van der Waals surface area contributed by atoms with Crippen LogP contribution in [0, 0.1) is 5.82 Å². The van der Waals surface area contributed by atoms with Gasteiger partial charge in [-0.15, -0.1) is 0 Å². The zero-order valence-corrected chi connectivity index (χ0v) is 7.45. The first-order valence-electron chi connectivity index (χ1n) is 3.32. The van der Waals surface area contributed by atoms with E-state index in [0.717, 1.165) is 6.07 Å². The average Bonchev–Trinajstić information content (AvgIpc) is 2.02. The Bertz CT molecular complexity index is 479. The van der Waals surface area contributed by atoms with Gasteiger partial charge in [0.25, 0.3) is 10.1 Å². The van der Waals surface area contributed by atoms with Crippen molar-refractivity contribution >= 4 is 16.1 Å². The second-order valence-corrected chi connectivity index (χ2v) is 3.82. The van der Waals surface area contributed by atoms with E-state index in [1.54, 1.807) is 0 Å². The first-order valence-corrected chi connectivity index (χ1v) is 4.76. The van der Waals surface area contributed by atoms with Gasteiger partial charge in [-0.2, -0.15) is 8.42 Å². The van der Waals surface area contributed by atoms with Gasteiger partial charge < -0.3 is 5.11 Å². The lowest BCUT2D eigenvalue weighted by Crippen LogP contribution is -2.05. The van der Waals surface area contributed by atoms with Gasteiger partial charge in [-0.3, -0.25) is 4.55 Å². The zero-order valence-electron chi connectivity index (χ0n) is 6.64. The molecule has 76 valence electrons. The maximum Gasteiger partial charge on any atom is 0.335 e. The molecule has 0 unspecified atom stereocenters. The first kappa shape index (κ1) is 10.6. The van der Waals surface area contributed by atoms with Crippen LogP contribution in [0.2, 0.25) is 0 Å². The molecule has 1 rings (SSSR count). The highest BCUT2D eigenvalue weighted by Gasteiger charge is 2.18. The maximum atomic E-state index is 12.8. The van der Waals surface area contributed by atoms with Crippen molar-refractivity contribution in [2.24, 2.45) is 0 Å². The lowest BCUT2D eigenvalue weighted by atomic mass is 10.2. The number of hydrogen-bond acceptors (Lipinski definition) is 3. The summed E-state index contributed by atoms with van der Waals surface area (Å²) in [5.41, 5.74) is -0.418. The number of benzene rings is 1. The van der Waals surface area contributed by atoms with Gasteiger partial charge in [-0.25, -0.2) is 9.18 Å². The lowest BCUT2D eigenvalue weighted by molar-refractivity contribution is 0.0696. The molecule has 0 saturated carbocycles. The number of carboxylic acids is 1. The Balaban J connectivity index is 3.44. The van der Waals surface area contributed by atoms with E-state index in [1.807, 2.05) is 0 Å². The molecular formula is C7H5FO5S. The molecule has 0 aliphatic rings. The molecule has 0 atom stereocenters. The second-order valence-electron chi connectivity index (χ2n) is 2.43. The fourth-order valence-electron chi connectivity index (χ4n) is 0.834. The number of halogens is 1. The fraction of sp³-hybridized carbons (Fsp3) is 0. The summed E-state index contributed by atoms with van der Waals surface area (Å²) >= 11 is 0. The van der Waals surface area contributed by atoms with Crippen LogP contribution in [0.5, 0.6) is 0 Å². The normalized spacial score (nSPS) is 11.3. The molecule has 0 spiro atoms. The number of hydrogen-bond donors (Lipinski definition) is 2. The van der Waals surface area contributed by atoms with E-state index >= 15 is 0 Å². The molecule has 0 heterocycles. The van der Waals surface area contributed by atoms with Crippen molar-refractivity contribution in [2.45, 2.75) is 4.90 Å². The van der Waals surface area contributed by atoms with Crippen LogP contribution in [0.3, 0.4) is 0 Å². The topological polar surface area (TPSA) is 91.7 Å². The highest BCUT2D eigenvalue weighted by atomic mass is 32.2. The Morgan fingerprint density at radius 2 is 1.93 bits per heavy atom. The average molecular weight is 220 g/mol. The minimum absolute atomic E-state index is 0.418. The molecule has 2 N–H and O–H groups in total. The maximum absolute atomic E-state index is 12.8. The van der Waals surface area contributed by atoms with Crippen molar-refractivity contribution in [3.63, 3.8) is 0 Å². The third-order valence-electron chi connectivity index (χ3n) is 1.46. The number of rotatable bonds is 2. The first-order chi connectivity index (χ1) is 6.32. The highest BCUT2D eigenvalue weighted by molar-refractivity contribution is 7.85. The van der Waals surface area contributed by atoms with E-state index in [4.69, 9.17) is 9.66 Å². The molecule has 0 fully saturated rings. The monoisotopic (exact) mass is 220 g/mol. The summed E-state index contributed by atoms with van der Waals surface area (Å²) < 4.78 is 42.4. The minimum atomic E-state index is -4.73. The van der Waals surface area contributed by atoms with Crippen molar-refractivity contribution in [1.29, 1.82) is 0 Å². The van der Waals surface area contributed by atoms with E-state index < -0.39 is 32.4 Å². The quantitative estimate of drug-likeness (QED) is 0.718. The summed E-state index contributed by atoms with van der Waals surface area (Å²) in [6.07, 6.45) is 0. The third kappa shape index (κ3) is 2.06. The van der Waals surface area contributed by atoms with Crippen LogP contribution in [0.1, 0.15) is 10.4 Å². The van der Waals surface area contributed by atoms with Crippen LogP contribution >= 0.6 is 0 Å². The van der Waals surface area contributed by atoms with Crippen molar-refractivity contribution in [3.05, 3.63) is 29.6 Å². The standard InChI is InChI=1S/C7H5FO5S/c8-5-2-1-4(7(9)10)3-6(5)14(11,12)13/h1-3H,(H,9,10)(H,11,12,13). The van der Waals surface area contributed by atoms with Gasteiger partial charge in [0.05, 0.1) is 5.56 Å². The summed E-state index contributed by atoms with van der Waals surface area (Å²) in [5, 5.41) is 8.47. The van der Waals surface area contributed by atoms with Crippen molar-refractivity contribution in [3.8, 4) is 0 Å². The predicted octanol–water partition coefficient (Wildman–Crippen LogP) is 0.771. The Hall–Kier alpha value is -1.47. The Morgan fingerprint density at radius 3 is 2.36 bits per heavy atom. The van der Waals surface area contributed by atoms with E-state index in [1.165, 1.54) is 0 Å². The molecule has 0 aromatic heterocycles. The SMILES string of the molecule is O=C(O)c1ccc(F)c(S(=O)(=O)O)c1. The number of aromatic carboxylic acids is 1. The molecule has 14 heavy (non-hydrogen) atoms. The molecule has 0 aliphatic carbocycles. The Labute approximate surface area is 78.5 Å².